The highest BCUT2D eigenvalue weighted by atomic mass is 32.1. The van der Waals surface area contributed by atoms with E-state index in [4.69, 9.17) is 5.73 Å². The number of aromatic nitrogens is 3. The molecule has 3 heterocycles. The Bertz CT molecular complexity index is 930. The lowest BCUT2D eigenvalue weighted by atomic mass is 10.1. The fourth-order valence-electron chi connectivity index (χ4n) is 3.30. The first-order valence-corrected chi connectivity index (χ1v) is 10.4. The number of aryl methyl sites for hydroxylation is 1. The van der Waals surface area contributed by atoms with Crippen LogP contribution in [0.2, 0.25) is 0 Å². The van der Waals surface area contributed by atoms with Gasteiger partial charge in [0, 0.05) is 48.9 Å². The predicted octanol–water partition coefficient (Wildman–Crippen LogP) is 3.38. The Morgan fingerprint density at radius 1 is 1.07 bits per heavy atom. The zero-order valence-corrected chi connectivity index (χ0v) is 17.0. The number of thiazole rings is 1. The normalized spacial score (nSPS) is 15.0. The van der Waals surface area contributed by atoms with Gasteiger partial charge in [-0.2, -0.15) is 0 Å². The first-order chi connectivity index (χ1) is 13.6. The molecule has 0 amide bonds. The van der Waals surface area contributed by atoms with E-state index >= 15 is 0 Å². The van der Waals surface area contributed by atoms with Gasteiger partial charge in [0.2, 0.25) is 0 Å². The summed E-state index contributed by atoms with van der Waals surface area (Å²) in [5.41, 5.74) is 8.49. The van der Waals surface area contributed by atoms with Crippen LogP contribution in [0.25, 0.3) is 11.3 Å². The molecule has 4 rings (SSSR count). The first kappa shape index (κ1) is 18.6. The van der Waals surface area contributed by atoms with Crippen LogP contribution in [0, 0.1) is 6.92 Å². The molecule has 1 aromatic carbocycles. The van der Waals surface area contributed by atoms with Crippen LogP contribution in [-0.2, 0) is 0 Å². The highest BCUT2D eigenvalue weighted by Gasteiger charge is 2.18. The van der Waals surface area contributed by atoms with E-state index in [1.165, 1.54) is 0 Å². The Morgan fingerprint density at radius 3 is 2.54 bits per heavy atom. The summed E-state index contributed by atoms with van der Waals surface area (Å²) in [4.78, 5) is 18.6. The quantitative estimate of drug-likeness (QED) is 0.641. The minimum atomic E-state index is 0.751. The number of piperazine rings is 1. The van der Waals surface area contributed by atoms with Gasteiger partial charge in [0.15, 0.2) is 5.13 Å². The van der Waals surface area contributed by atoms with E-state index in [0.29, 0.717) is 0 Å². The van der Waals surface area contributed by atoms with Crippen LogP contribution in [0.15, 0.2) is 35.7 Å². The molecule has 146 valence electrons. The van der Waals surface area contributed by atoms with Crippen LogP contribution in [0.1, 0.15) is 12.7 Å². The van der Waals surface area contributed by atoms with E-state index in [1.807, 2.05) is 42.6 Å². The average Bonchev–Trinajstić information content (AvgIpc) is 3.16. The van der Waals surface area contributed by atoms with E-state index in [1.54, 1.807) is 11.3 Å². The molecular weight excluding hydrogens is 370 g/mol. The van der Waals surface area contributed by atoms with Gasteiger partial charge in [-0.3, -0.25) is 0 Å². The van der Waals surface area contributed by atoms with Crippen LogP contribution in [0.3, 0.4) is 0 Å². The molecule has 28 heavy (non-hydrogen) atoms. The Hall–Kier alpha value is -2.71. The second-order valence-electron chi connectivity index (χ2n) is 6.86. The number of nitrogens with one attached hydrogen (secondary N) is 1. The highest BCUT2D eigenvalue weighted by molar-refractivity contribution is 7.14. The van der Waals surface area contributed by atoms with Crippen molar-refractivity contribution in [1.29, 1.82) is 0 Å². The summed E-state index contributed by atoms with van der Waals surface area (Å²) in [7, 11) is 0. The predicted molar refractivity (Wildman–Crippen MR) is 116 cm³/mol. The molecule has 0 radical (unpaired) electrons. The molecule has 3 aromatic rings. The molecule has 0 bridgehead atoms. The van der Waals surface area contributed by atoms with Crippen LogP contribution in [0.4, 0.5) is 22.5 Å². The van der Waals surface area contributed by atoms with Crippen molar-refractivity contribution in [3.05, 3.63) is 41.5 Å². The number of hydrogen-bond donors (Lipinski definition) is 2. The van der Waals surface area contributed by atoms with Crippen molar-refractivity contribution in [2.24, 2.45) is 0 Å². The van der Waals surface area contributed by atoms with E-state index in [-0.39, 0.29) is 0 Å². The van der Waals surface area contributed by atoms with Crippen molar-refractivity contribution >= 4 is 33.8 Å². The summed E-state index contributed by atoms with van der Waals surface area (Å²) >= 11 is 1.56. The lowest BCUT2D eigenvalue weighted by molar-refractivity contribution is 0.270. The van der Waals surface area contributed by atoms with E-state index in [9.17, 15) is 0 Å². The summed E-state index contributed by atoms with van der Waals surface area (Å²) in [6, 6.07) is 9.76. The van der Waals surface area contributed by atoms with Crippen LogP contribution in [-0.4, -0.2) is 52.6 Å². The Balaban J connectivity index is 1.49. The number of anilines is 4. The second kappa shape index (κ2) is 8.12. The molecule has 1 aliphatic rings. The maximum atomic E-state index is 5.77. The minimum absolute atomic E-state index is 0.751. The average molecular weight is 396 g/mol. The molecule has 0 unspecified atom stereocenters. The lowest BCUT2D eigenvalue weighted by Gasteiger charge is -2.34. The number of likely N-dealkylation sites (N-methyl/N-ethyl adjacent to an activating group) is 1. The van der Waals surface area contributed by atoms with Gasteiger partial charge in [-0.1, -0.05) is 19.1 Å². The van der Waals surface area contributed by atoms with Crippen molar-refractivity contribution in [1.82, 2.24) is 19.9 Å². The molecule has 1 fully saturated rings. The standard InChI is InChI=1S/C20H25N7S/c1-3-26-8-10-27(11-9-26)19-12-18(22-14(2)23-19)25-20-24-17(13-28-20)15-4-6-16(21)7-5-15/h4-7,12-13H,3,8-11,21H2,1-2H3,(H,22,23,24,25). The topological polar surface area (TPSA) is 83.2 Å². The molecule has 8 heteroatoms. The van der Waals surface area contributed by atoms with Crippen molar-refractivity contribution in [2.75, 3.05) is 48.7 Å². The summed E-state index contributed by atoms with van der Waals surface area (Å²) in [5.74, 6) is 2.51. The molecule has 7 nitrogen and oxygen atoms in total. The number of nitrogens with two attached hydrogens (primary N) is 1. The summed E-state index contributed by atoms with van der Waals surface area (Å²) in [5, 5.41) is 6.19. The Morgan fingerprint density at radius 2 is 1.82 bits per heavy atom. The summed E-state index contributed by atoms with van der Waals surface area (Å²) < 4.78 is 0. The Kier molecular flexibility index (Phi) is 5.40. The van der Waals surface area contributed by atoms with Gasteiger partial charge in [-0.25, -0.2) is 15.0 Å². The third kappa shape index (κ3) is 4.23. The SMILES string of the molecule is CCN1CCN(c2cc(Nc3nc(-c4ccc(N)cc4)cs3)nc(C)n2)CC1. The molecule has 3 N–H and O–H groups in total. The molecular formula is C20H25N7S. The van der Waals surface area contributed by atoms with Crippen molar-refractivity contribution in [3.8, 4) is 11.3 Å². The van der Waals surface area contributed by atoms with Gasteiger partial charge < -0.3 is 20.9 Å². The fraction of sp³-hybridized carbons (Fsp3) is 0.350. The van der Waals surface area contributed by atoms with Gasteiger partial charge in [0.25, 0.3) is 0 Å². The number of rotatable bonds is 5. The molecule has 0 aliphatic carbocycles. The zero-order chi connectivity index (χ0) is 19.5. The molecule has 0 atom stereocenters. The lowest BCUT2D eigenvalue weighted by Crippen LogP contribution is -2.46. The van der Waals surface area contributed by atoms with Crippen LogP contribution >= 0.6 is 11.3 Å². The Labute approximate surface area is 169 Å². The first-order valence-electron chi connectivity index (χ1n) is 9.52. The molecule has 1 saturated heterocycles. The third-order valence-electron chi connectivity index (χ3n) is 4.91. The maximum absolute atomic E-state index is 5.77. The van der Waals surface area contributed by atoms with Gasteiger partial charge in [0.05, 0.1) is 5.69 Å². The van der Waals surface area contributed by atoms with Crippen LogP contribution in [0.5, 0.6) is 0 Å². The zero-order valence-electron chi connectivity index (χ0n) is 16.2. The minimum Gasteiger partial charge on any atom is -0.399 e. The highest BCUT2D eigenvalue weighted by Crippen LogP contribution is 2.28. The van der Waals surface area contributed by atoms with Crippen molar-refractivity contribution < 1.29 is 0 Å². The molecule has 1 aliphatic heterocycles. The number of nitrogen functional groups attached to an aromatic ring is 1. The number of benzene rings is 1. The van der Waals surface area contributed by atoms with E-state index in [2.05, 4.69) is 37.0 Å². The fourth-order valence-corrected chi connectivity index (χ4v) is 4.02. The largest absolute Gasteiger partial charge is 0.399 e. The molecule has 0 saturated carbocycles. The van der Waals surface area contributed by atoms with E-state index < -0.39 is 0 Å². The number of nitrogens with zero attached hydrogens (tertiary/aromatic N) is 5. The van der Waals surface area contributed by atoms with Gasteiger partial charge in [-0.05, 0) is 25.6 Å². The van der Waals surface area contributed by atoms with Gasteiger partial charge in [-0.15, -0.1) is 11.3 Å². The monoisotopic (exact) mass is 395 g/mol. The van der Waals surface area contributed by atoms with Crippen molar-refractivity contribution in [2.45, 2.75) is 13.8 Å². The van der Waals surface area contributed by atoms with Gasteiger partial charge in [0.1, 0.15) is 17.5 Å². The van der Waals surface area contributed by atoms with Crippen molar-refractivity contribution in [3.63, 3.8) is 0 Å². The summed E-state index contributed by atoms with van der Waals surface area (Å²) in [6.07, 6.45) is 0. The number of hydrogen-bond acceptors (Lipinski definition) is 8. The van der Waals surface area contributed by atoms with E-state index in [0.717, 1.165) is 72.3 Å². The third-order valence-corrected chi connectivity index (χ3v) is 5.67. The summed E-state index contributed by atoms with van der Waals surface area (Å²) in [6.45, 7) is 9.35. The maximum Gasteiger partial charge on any atom is 0.188 e. The molecule has 0 spiro atoms. The van der Waals surface area contributed by atoms with Gasteiger partial charge >= 0.3 is 0 Å². The van der Waals surface area contributed by atoms with Crippen LogP contribution < -0.4 is 16.0 Å². The smallest absolute Gasteiger partial charge is 0.188 e. The molecule has 2 aromatic heterocycles. The second-order valence-corrected chi connectivity index (χ2v) is 7.72.